The van der Waals surface area contributed by atoms with Crippen LogP contribution in [0.2, 0.25) is 0 Å². The molecule has 0 atom stereocenters. The van der Waals surface area contributed by atoms with Gasteiger partial charge in [-0.25, -0.2) is 4.98 Å². The summed E-state index contributed by atoms with van der Waals surface area (Å²) in [4.78, 5) is 6.65. The second kappa shape index (κ2) is 7.25. The Labute approximate surface area is 103 Å². The van der Waals surface area contributed by atoms with Crippen LogP contribution in [0.15, 0.2) is 12.1 Å². The Morgan fingerprint density at radius 2 is 1.94 bits per heavy atom. The zero-order chi connectivity index (χ0) is 12.7. The van der Waals surface area contributed by atoms with Crippen LogP contribution in [-0.4, -0.2) is 36.4 Å². The number of aromatic nitrogens is 1. The van der Waals surface area contributed by atoms with Crippen LogP contribution in [0, 0.1) is 6.92 Å². The van der Waals surface area contributed by atoms with Crippen molar-refractivity contribution >= 4 is 5.82 Å². The second-order valence-corrected chi connectivity index (χ2v) is 3.73. The van der Waals surface area contributed by atoms with Crippen LogP contribution in [0.25, 0.3) is 0 Å². The standard InChI is InChI=1S/C11H16N2O2.C2H6/c1-9-6-10(8-14)7-11(12-9)13-2-4-15-5-3-13;1-2/h6-7,14H,2-5,8H2,1H3;1-2H3. The molecule has 1 aliphatic rings. The molecule has 1 aromatic heterocycles. The number of hydrogen-bond acceptors (Lipinski definition) is 4. The topological polar surface area (TPSA) is 45.6 Å². The molecular weight excluding hydrogens is 216 g/mol. The molecule has 0 bridgehead atoms. The molecule has 1 aliphatic heterocycles. The summed E-state index contributed by atoms with van der Waals surface area (Å²) in [5.74, 6) is 0.947. The highest BCUT2D eigenvalue weighted by Crippen LogP contribution is 2.16. The van der Waals surface area contributed by atoms with E-state index >= 15 is 0 Å². The second-order valence-electron chi connectivity index (χ2n) is 3.73. The van der Waals surface area contributed by atoms with Crippen LogP contribution < -0.4 is 4.90 Å². The van der Waals surface area contributed by atoms with Crippen molar-refractivity contribution in [2.45, 2.75) is 27.4 Å². The highest BCUT2D eigenvalue weighted by molar-refractivity contribution is 5.42. The first kappa shape index (κ1) is 13.9. The van der Waals surface area contributed by atoms with E-state index in [1.165, 1.54) is 0 Å². The lowest BCUT2D eigenvalue weighted by atomic mass is 10.2. The predicted molar refractivity (Wildman–Crippen MR) is 69.3 cm³/mol. The Morgan fingerprint density at radius 1 is 1.29 bits per heavy atom. The molecule has 0 saturated carbocycles. The lowest BCUT2D eigenvalue weighted by Crippen LogP contribution is -2.36. The van der Waals surface area contributed by atoms with Gasteiger partial charge in [-0.3, -0.25) is 0 Å². The molecule has 1 fully saturated rings. The third-order valence-corrected chi connectivity index (χ3v) is 2.52. The van der Waals surface area contributed by atoms with Crippen molar-refractivity contribution in [3.05, 3.63) is 23.4 Å². The van der Waals surface area contributed by atoms with Gasteiger partial charge in [-0.1, -0.05) is 13.8 Å². The minimum atomic E-state index is 0.0701. The molecule has 0 spiro atoms. The van der Waals surface area contributed by atoms with Crippen LogP contribution in [-0.2, 0) is 11.3 Å². The number of morpholine rings is 1. The van der Waals surface area contributed by atoms with E-state index in [1.807, 2.05) is 32.9 Å². The zero-order valence-corrected chi connectivity index (χ0v) is 10.9. The Hall–Kier alpha value is -1.13. The smallest absolute Gasteiger partial charge is 0.129 e. The van der Waals surface area contributed by atoms with E-state index < -0.39 is 0 Å². The summed E-state index contributed by atoms with van der Waals surface area (Å²) in [6.07, 6.45) is 0. The zero-order valence-electron chi connectivity index (χ0n) is 10.9. The number of hydrogen-bond donors (Lipinski definition) is 1. The van der Waals surface area contributed by atoms with Crippen LogP contribution in [0.4, 0.5) is 5.82 Å². The van der Waals surface area contributed by atoms with Crippen molar-refractivity contribution in [1.29, 1.82) is 0 Å². The molecule has 17 heavy (non-hydrogen) atoms. The van der Waals surface area contributed by atoms with Crippen LogP contribution in [0.5, 0.6) is 0 Å². The normalized spacial score (nSPS) is 15.2. The maximum Gasteiger partial charge on any atom is 0.129 e. The summed E-state index contributed by atoms with van der Waals surface area (Å²) in [7, 11) is 0. The van der Waals surface area contributed by atoms with Crippen molar-refractivity contribution in [3.63, 3.8) is 0 Å². The highest BCUT2D eigenvalue weighted by Gasteiger charge is 2.13. The fourth-order valence-electron chi connectivity index (χ4n) is 1.77. The first-order valence-corrected chi connectivity index (χ1v) is 6.21. The maximum atomic E-state index is 9.11. The number of aliphatic hydroxyl groups excluding tert-OH is 1. The molecule has 0 aliphatic carbocycles. The van der Waals surface area contributed by atoms with Gasteiger partial charge in [-0.2, -0.15) is 0 Å². The third kappa shape index (κ3) is 3.98. The van der Waals surface area contributed by atoms with E-state index in [4.69, 9.17) is 9.84 Å². The number of aliphatic hydroxyl groups is 1. The van der Waals surface area contributed by atoms with Gasteiger partial charge in [0.05, 0.1) is 19.8 Å². The number of rotatable bonds is 2. The average molecular weight is 238 g/mol. The number of ether oxygens (including phenoxy) is 1. The van der Waals surface area contributed by atoms with E-state index in [0.717, 1.165) is 43.4 Å². The van der Waals surface area contributed by atoms with Crippen LogP contribution in [0.1, 0.15) is 25.1 Å². The number of nitrogens with zero attached hydrogens (tertiary/aromatic N) is 2. The van der Waals surface area contributed by atoms with Gasteiger partial charge in [-0.15, -0.1) is 0 Å². The summed E-state index contributed by atoms with van der Waals surface area (Å²) in [6, 6.07) is 3.85. The van der Waals surface area contributed by atoms with Crippen molar-refractivity contribution in [2.24, 2.45) is 0 Å². The molecule has 0 radical (unpaired) electrons. The SMILES string of the molecule is CC.Cc1cc(CO)cc(N2CCOCC2)n1. The summed E-state index contributed by atoms with van der Waals surface area (Å²) in [5, 5.41) is 9.11. The summed E-state index contributed by atoms with van der Waals surface area (Å²) in [6.45, 7) is 9.28. The number of aryl methyl sites for hydroxylation is 1. The Balaban J connectivity index is 0.000000686. The van der Waals surface area contributed by atoms with Gasteiger partial charge in [0, 0.05) is 18.8 Å². The highest BCUT2D eigenvalue weighted by atomic mass is 16.5. The Morgan fingerprint density at radius 3 is 2.53 bits per heavy atom. The molecule has 1 saturated heterocycles. The summed E-state index contributed by atoms with van der Waals surface area (Å²) < 4.78 is 5.29. The molecule has 1 N–H and O–H groups in total. The van der Waals surface area contributed by atoms with Gasteiger partial charge in [-0.05, 0) is 24.6 Å². The summed E-state index contributed by atoms with van der Waals surface area (Å²) >= 11 is 0. The van der Waals surface area contributed by atoms with Gasteiger partial charge in [0.15, 0.2) is 0 Å². The van der Waals surface area contributed by atoms with Gasteiger partial charge < -0.3 is 14.7 Å². The van der Waals surface area contributed by atoms with E-state index in [0.29, 0.717) is 0 Å². The lowest BCUT2D eigenvalue weighted by Gasteiger charge is -2.28. The number of pyridine rings is 1. The molecule has 0 unspecified atom stereocenters. The maximum absolute atomic E-state index is 9.11. The average Bonchev–Trinajstić information content (AvgIpc) is 2.41. The lowest BCUT2D eigenvalue weighted by molar-refractivity contribution is 0.122. The Bertz CT molecular complexity index is 336. The monoisotopic (exact) mass is 238 g/mol. The third-order valence-electron chi connectivity index (χ3n) is 2.52. The van der Waals surface area contributed by atoms with Crippen LogP contribution in [0.3, 0.4) is 0 Å². The van der Waals surface area contributed by atoms with Gasteiger partial charge >= 0.3 is 0 Å². The van der Waals surface area contributed by atoms with Gasteiger partial charge in [0.1, 0.15) is 5.82 Å². The van der Waals surface area contributed by atoms with Crippen LogP contribution >= 0.6 is 0 Å². The molecule has 0 aromatic carbocycles. The molecule has 4 heteroatoms. The number of anilines is 1. The minimum absolute atomic E-state index is 0.0701. The predicted octanol–water partition coefficient (Wildman–Crippen LogP) is 1.75. The van der Waals surface area contributed by atoms with E-state index in [-0.39, 0.29) is 6.61 Å². The largest absolute Gasteiger partial charge is 0.392 e. The van der Waals surface area contributed by atoms with E-state index in [9.17, 15) is 0 Å². The Kier molecular flexibility index (Phi) is 5.94. The molecule has 2 heterocycles. The quantitative estimate of drug-likeness (QED) is 0.852. The first-order chi connectivity index (χ1) is 8.29. The fourth-order valence-corrected chi connectivity index (χ4v) is 1.77. The van der Waals surface area contributed by atoms with E-state index in [2.05, 4.69) is 9.88 Å². The molecule has 4 nitrogen and oxygen atoms in total. The molecule has 2 rings (SSSR count). The molecule has 96 valence electrons. The van der Waals surface area contributed by atoms with Gasteiger partial charge in [0.25, 0.3) is 0 Å². The molecular formula is C13H22N2O2. The van der Waals surface area contributed by atoms with Crippen molar-refractivity contribution in [1.82, 2.24) is 4.98 Å². The van der Waals surface area contributed by atoms with Gasteiger partial charge in [0.2, 0.25) is 0 Å². The first-order valence-electron chi connectivity index (χ1n) is 6.21. The molecule has 0 amide bonds. The summed E-state index contributed by atoms with van der Waals surface area (Å²) in [5.41, 5.74) is 1.87. The van der Waals surface area contributed by atoms with Crippen molar-refractivity contribution in [2.75, 3.05) is 31.2 Å². The molecule has 1 aromatic rings. The minimum Gasteiger partial charge on any atom is -0.392 e. The van der Waals surface area contributed by atoms with Crippen molar-refractivity contribution < 1.29 is 9.84 Å². The van der Waals surface area contributed by atoms with E-state index in [1.54, 1.807) is 0 Å². The fraction of sp³-hybridized carbons (Fsp3) is 0.615. The van der Waals surface area contributed by atoms with Crippen molar-refractivity contribution in [3.8, 4) is 0 Å².